The third kappa shape index (κ3) is 6.03. The van der Waals surface area contributed by atoms with E-state index in [1.54, 1.807) is 49.4 Å². The predicted octanol–water partition coefficient (Wildman–Crippen LogP) is 4.77. The molecule has 0 spiro atoms. The molecule has 0 saturated carbocycles. The quantitative estimate of drug-likeness (QED) is 0.419. The highest BCUT2D eigenvalue weighted by molar-refractivity contribution is 8.26. The number of benzene rings is 2. The van der Waals surface area contributed by atoms with Gasteiger partial charge >= 0.3 is 5.97 Å². The molecule has 2 aromatic rings. The summed E-state index contributed by atoms with van der Waals surface area (Å²) in [6.45, 7) is 7.99. The van der Waals surface area contributed by atoms with E-state index in [9.17, 15) is 19.5 Å². The number of nitrogens with zero attached hydrogens (tertiary/aromatic N) is 1. The van der Waals surface area contributed by atoms with Crippen LogP contribution in [0.5, 0.6) is 5.75 Å². The second-order valence-electron chi connectivity index (χ2n) is 8.71. The minimum atomic E-state index is -1.04. The molecule has 7 nitrogen and oxygen atoms in total. The number of hydrogen-bond donors (Lipinski definition) is 2. The molecule has 3 rings (SSSR count). The molecule has 1 heterocycles. The monoisotopic (exact) mass is 498 g/mol. The molecule has 0 aromatic heterocycles. The molecule has 178 valence electrons. The lowest BCUT2D eigenvalue weighted by atomic mass is 9.87. The van der Waals surface area contributed by atoms with Crippen LogP contribution in [-0.2, 0) is 15.0 Å². The van der Waals surface area contributed by atoms with Gasteiger partial charge in [0.25, 0.3) is 11.8 Å². The maximum absolute atomic E-state index is 12.9. The van der Waals surface area contributed by atoms with Crippen molar-refractivity contribution in [1.29, 1.82) is 0 Å². The summed E-state index contributed by atoms with van der Waals surface area (Å²) in [5.41, 5.74) is 4.69. The van der Waals surface area contributed by atoms with E-state index in [2.05, 4.69) is 26.2 Å². The van der Waals surface area contributed by atoms with Crippen molar-refractivity contribution in [3.8, 4) is 5.75 Å². The summed E-state index contributed by atoms with van der Waals surface area (Å²) in [7, 11) is 0. The van der Waals surface area contributed by atoms with Crippen molar-refractivity contribution in [2.45, 2.75) is 45.6 Å². The zero-order chi connectivity index (χ0) is 25.0. The Labute approximate surface area is 208 Å². The molecule has 34 heavy (non-hydrogen) atoms. The number of carbonyl (C=O) groups excluding carboxylic acids is 2. The first-order valence-electron chi connectivity index (χ1n) is 10.7. The molecule has 1 aliphatic rings. The van der Waals surface area contributed by atoms with Crippen molar-refractivity contribution in [3.05, 3.63) is 70.1 Å². The van der Waals surface area contributed by atoms with Crippen molar-refractivity contribution in [2.24, 2.45) is 0 Å². The molecule has 2 N–H and O–H groups in total. The summed E-state index contributed by atoms with van der Waals surface area (Å²) in [5, 5.41) is 10.3. The van der Waals surface area contributed by atoms with Crippen LogP contribution in [0.15, 0.2) is 53.4 Å². The number of thiocarbonyl (C=S) groups is 1. The minimum absolute atomic E-state index is 0.0365. The van der Waals surface area contributed by atoms with Crippen molar-refractivity contribution in [2.75, 3.05) is 0 Å². The average molecular weight is 499 g/mol. The number of hydrogen-bond acceptors (Lipinski definition) is 6. The van der Waals surface area contributed by atoms with Crippen molar-refractivity contribution < 1.29 is 24.2 Å². The molecule has 2 aromatic carbocycles. The Morgan fingerprint density at radius 3 is 2.47 bits per heavy atom. The Kier molecular flexibility index (Phi) is 7.78. The zero-order valence-corrected chi connectivity index (χ0v) is 21.0. The normalized spacial score (nSPS) is 16.0. The number of rotatable bonds is 7. The summed E-state index contributed by atoms with van der Waals surface area (Å²) in [6, 6.07) is 14.0. The number of hydrazine groups is 1. The number of aliphatic carboxylic acids is 1. The molecule has 9 heteroatoms. The SMILES string of the molecule is CCC(Oc1cccc(/C=C2/SC(=S)N(NC(=O)c3ccc(C(C)(C)C)cc3)C2=O)c1)C(=O)O. The molecule has 1 unspecified atom stereocenters. The smallest absolute Gasteiger partial charge is 0.344 e. The summed E-state index contributed by atoms with van der Waals surface area (Å²) in [5.74, 6) is -1.55. The first kappa shape index (κ1) is 25.5. The van der Waals surface area contributed by atoms with Gasteiger partial charge in [0, 0.05) is 5.56 Å². The van der Waals surface area contributed by atoms with E-state index in [0.717, 1.165) is 22.3 Å². The van der Waals surface area contributed by atoms with Gasteiger partial charge < -0.3 is 9.84 Å². The Balaban J connectivity index is 1.72. The van der Waals surface area contributed by atoms with Gasteiger partial charge in [-0.25, -0.2) is 4.79 Å². The maximum atomic E-state index is 12.9. The third-order valence-corrected chi connectivity index (χ3v) is 6.40. The van der Waals surface area contributed by atoms with Crippen LogP contribution in [0, 0.1) is 0 Å². The maximum Gasteiger partial charge on any atom is 0.344 e. The van der Waals surface area contributed by atoms with E-state index < -0.39 is 23.9 Å². The van der Waals surface area contributed by atoms with Crippen LogP contribution in [0.25, 0.3) is 6.08 Å². The Morgan fingerprint density at radius 2 is 1.88 bits per heavy atom. The van der Waals surface area contributed by atoms with Gasteiger partial charge in [-0.05, 0) is 65.5 Å². The van der Waals surface area contributed by atoms with Gasteiger partial charge in [0.15, 0.2) is 10.4 Å². The van der Waals surface area contributed by atoms with Crippen LogP contribution >= 0.6 is 24.0 Å². The highest BCUT2D eigenvalue weighted by Gasteiger charge is 2.34. The number of amides is 2. The number of nitrogens with one attached hydrogen (secondary N) is 1. The molecule has 1 saturated heterocycles. The Morgan fingerprint density at radius 1 is 1.21 bits per heavy atom. The van der Waals surface area contributed by atoms with Crippen molar-refractivity contribution in [3.63, 3.8) is 0 Å². The number of carboxylic acid groups (broad SMARTS) is 1. The molecular formula is C25H26N2O5S2. The van der Waals surface area contributed by atoms with Crippen LogP contribution < -0.4 is 10.2 Å². The number of carboxylic acids is 1. The molecule has 2 amide bonds. The lowest BCUT2D eigenvalue weighted by Crippen LogP contribution is -2.44. The fraction of sp³-hybridized carbons (Fsp3) is 0.280. The molecule has 1 atom stereocenters. The zero-order valence-electron chi connectivity index (χ0n) is 19.3. The van der Waals surface area contributed by atoms with Gasteiger partial charge in [0.1, 0.15) is 5.75 Å². The number of ether oxygens (including phenoxy) is 1. The van der Waals surface area contributed by atoms with E-state index in [-0.39, 0.29) is 9.74 Å². The standard InChI is InChI=1S/C25H26N2O5S2/c1-5-19(23(30)31)32-18-8-6-7-15(13-18)14-20-22(29)27(24(33)34-20)26-21(28)16-9-11-17(12-10-16)25(2,3)4/h6-14,19H,5H2,1-4H3,(H,26,28)(H,30,31)/b20-14+. The van der Waals surface area contributed by atoms with Gasteiger partial charge in [0.2, 0.25) is 0 Å². The predicted molar refractivity (Wildman–Crippen MR) is 136 cm³/mol. The fourth-order valence-corrected chi connectivity index (χ4v) is 4.33. The summed E-state index contributed by atoms with van der Waals surface area (Å²) < 4.78 is 5.73. The van der Waals surface area contributed by atoms with Gasteiger partial charge in [-0.3, -0.25) is 15.0 Å². The van der Waals surface area contributed by atoms with Crippen LogP contribution in [0.1, 0.15) is 55.6 Å². The summed E-state index contributed by atoms with van der Waals surface area (Å²) in [4.78, 5) is 37.1. The van der Waals surface area contributed by atoms with Crippen LogP contribution in [-0.4, -0.2) is 38.3 Å². The number of thioether (sulfide) groups is 1. The number of carbonyl (C=O) groups is 3. The third-order valence-electron chi connectivity index (χ3n) is 5.10. The molecule has 1 fully saturated rings. The fourth-order valence-electron chi connectivity index (χ4n) is 3.15. The largest absolute Gasteiger partial charge is 0.479 e. The average Bonchev–Trinajstić information content (AvgIpc) is 3.04. The van der Waals surface area contributed by atoms with E-state index >= 15 is 0 Å². The Hall–Kier alpha value is -3.17. The highest BCUT2D eigenvalue weighted by Crippen LogP contribution is 2.32. The van der Waals surface area contributed by atoms with Gasteiger partial charge in [-0.15, -0.1) is 0 Å². The van der Waals surface area contributed by atoms with Gasteiger partial charge in [-0.1, -0.05) is 63.7 Å². The first-order valence-corrected chi connectivity index (χ1v) is 11.9. The molecule has 1 aliphatic heterocycles. The van der Waals surface area contributed by atoms with E-state index in [1.807, 2.05) is 12.1 Å². The lowest BCUT2D eigenvalue weighted by Gasteiger charge is -2.19. The topological polar surface area (TPSA) is 95.9 Å². The molecular weight excluding hydrogens is 472 g/mol. The molecule has 0 bridgehead atoms. The second-order valence-corrected chi connectivity index (χ2v) is 10.4. The molecule has 0 radical (unpaired) electrons. The van der Waals surface area contributed by atoms with Crippen LogP contribution in [0.2, 0.25) is 0 Å². The van der Waals surface area contributed by atoms with E-state index in [4.69, 9.17) is 17.0 Å². The highest BCUT2D eigenvalue weighted by atomic mass is 32.2. The summed E-state index contributed by atoms with van der Waals surface area (Å²) >= 11 is 6.37. The second kappa shape index (κ2) is 10.4. The van der Waals surface area contributed by atoms with Crippen molar-refractivity contribution >= 4 is 52.2 Å². The van der Waals surface area contributed by atoms with Gasteiger partial charge in [-0.2, -0.15) is 5.01 Å². The first-order chi connectivity index (χ1) is 16.0. The van der Waals surface area contributed by atoms with Crippen LogP contribution in [0.3, 0.4) is 0 Å². The molecule has 0 aliphatic carbocycles. The lowest BCUT2D eigenvalue weighted by molar-refractivity contribution is -0.145. The van der Waals surface area contributed by atoms with Gasteiger partial charge in [0.05, 0.1) is 4.91 Å². The van der Waals surface area contributed by atoms with Crippen LogP contribution in [0.4, 0.5) is 0 Å². The summed E-state index contributed by atoms with van der Waals surface area (Å²) in [6.07, 6.45) is 0.982. The Bertz CT molecular complexity index is 1150. The van der Waals surface area contributed by atoms with E-state index in [0.29, 0.717) is 28.2 Å². The van der Waals surface area contributed by atoms with Crippen molar-refractivity contribution in [1.82, 2.24) is 10.4 Å². The minimum Gasteiger partial charge on any atom is -0.479 e. The van der Waals surface area contributed by atoms with E-state index in [1.165, 1.54) is 0 Å².